The topological polar surface area (TPSA) is 127 Å². The molecule has 0 atom stereocenters. The van der Waals surface area contributed by atoms with Crippen LogP contribution in [0.5, 0.6) is 28.7 Å². The molecule has 2 aliphatic rings. The number of anilines is 1. The van der Waals surface area contributed by atoms with Crippen molar-refractivity contribution in [3.05, 3.63) is 107 Å². The van der Waals surface area contributed by atoms with E-state index in [4.69, 9.17) is 5.73 Å². The predicted molar refractivity (Wildman–Crippen MR) is 141 cm³/mol. The zero-order chi connectivity index (χ0) is 25.6. The number of nitrogen functional groups attached to an aromatic ring is 1. The third-order valence-electron chi connectivity index (χ3n) is 7.77. The van der Waals surface area contributed by atoms with Crippen LogP contribution in [0.25, 0.3) is 33.4 Å². The highest BCUT2D eigenvalue weighted by Crippen LogP contribution is 2.64. The van der Waals surface area contributed by atoms with E-state index < -0.39 is 34.2 Å². The van der Waals surface area contributed by atoms with Gasteiger partial charge in [-0.1, -0.05) is 66.7 Å². The number of hydrogen-bond acceptors (Lipinski definition) is 6. The van der Waals surface area contributed by atoms with Gasteiger partial charge in [-0.3, -0.25) is 0 Å². The van der Waals surface area contributed by atoms with Crippen LogP contribution in [0.1, 0.15) is 22.3 Å². The summed E-state index contributed by atoms with van der Waals surface area (Å²) in [5, 5.41) is 51.6. The van der Waals surface area contributed by atoms with E-state index in [0.29, 0.717) is 11.3 Å². The standard InChI is InChI=1S/C31H21NO5/c32-16-10-12-20-19-11-9-15(25-26(33)28(35)30(37)29(36)27(25)34)13-23(19)31(24(20)14-16)21-7-3-1-5-17(21)18-6-2-4-8-22(18)31/h1-14,33-37H,32H2. The van der Waals surface area contributed by atoms with E-state index >= 15 is 0 Å². The lowest BCUT2D eigenvalue weighted by Gasteiger charge is -2.31. The minimum absolute atomic E-state index is 0.180. The molecule has 5 aromatic rings. The van der Waals surface area contributed by atoms with Gasteiger partial charge in [-0.25, -0.2) is 0 Å². The summed E-state index contributed by atoms with van der Waals surface area (Å²) in [6.45, 7) is 0. The maximum Gasteiger partial charge on any atom is 0.208 e. The van der Waals surface area contributed by atoms with Gasteiger partial charge in [0.1, 0.15) is 0 Å². The second kappa shape index (κ2) is 6.98. The maximum atomic E-state index is 10.7. The normalized spacial score (nSPS) is 13.7. The molecule has 37 heavy (non-hydrogen) atoms. The van der Waals surface area contributed by atoms with Crippen molar-refractivity contribution in [1.29, 1.82) is 0 Å². The van der Waals surface area contributed by atoms with Crippen molar-refractivity contribution in [3.8, 4) is 62.1 Å². The molecule has 0 saturated carbocycles. The third-order valence-corrected chi connectivity index (χ3v) is 7.77. The molecule has 0 radical (unpaired) electrons. The molecule has 7 N–H and O–H groups in total. The molecule has 1 spiro atoms. The number of phenolic OH excluding ortho intramolecular Hbond substituents is 5. The van der Waals surface area contributed by atoms with E-state index in [1.165, 1.54) is 0 Å². The van der Waals surface area contributed by atoms with E-state index in [1.807, 2.05) is 54.6 Å². The number of aromatic hydroxyl groups is 5. The smallest absolute Gasteiger partial charge is 0.208 e. The summed E-state index contributed by atoms with van der Waals surface area (Å²) < 4.78 is 0. The number of nitrogens with two attached hydrogens (primary N) is 1. The van der Waals surface area contributed by atoms with E-state index in [-0.39, 0.29) is 5.56 Å². The first-order chi connectivity index (χ1) is 17.9. The molecule has 7 rings (SSSR count). The van der Waals surface area contributed by atoms with Crippen LogP contribution in [0.3, 0.4) is 0 Å². The molecule has 0 heterocycles. The highest BCUT2D eigenvalue weighted by atomic mass is 16.4. The summed E-state index contributed by atoms with van der Waals surface area (Å²) in [7, 11) is 0. The lowest BCUT2D eigenvalue weighted by molar-refractivity contribution is 0.330. The Morgan fingerprint density at radius 3 is 1.51 bits per heavy atom. The maximum absolute atomic E-state index is 10.7. The Labute approximate surface area is 211 Å². The van der Waals surface area contributed by atoms with Crippen LogP contribution in [-0.4, -0.2) is 25.5 Å². The first-order valence-electron chi connectivity index (χ1n) is 11.8. The first kappa shape index (κ1) is 21.2. The van der Waals surface area contributed by atoms with Crippen molar-refractivity contribution in [2.45, 2.75) is 5.41 Å². The van der Waals surface area contributed by atoms with Gasteiger partial charge in [-0.2, -0.15) is 0 Å². The average molecular weight is 488 g/mol. The molecule has 0 saturated heterocycles. The Kier molecular flexibility index (Phi) is 4.00. The molecule has 2 aliphatic carbocycles. The van der Waals surface area contributed by atoms with Gasteiger partial charge < -0.3 is 31.3 Å². The Morgan fingerprint density at radius 2 is 0.919 bits per heavy atom. The van der Waals surface area contributed by atoms with Crippen LogP contribution in [0, 0.1) is 0 Å². The van der Waals surface area contributed by atoms with Gasteiger partial charge in [0.15, 0.2) is 11.5 Å². The summed E-state index contributed by atoms with van der Waals surface area (Å²) in [4.78, 5) is 0. The highest BCUT2D eigenvalue weighted by molar-refractivity contribution is 5.97. The van der Waals surface area contributed by atoms with Crippen molar-refractivity contribution in [3.63, 3.8) is 0 Å². The molecule has 6 nitrogen and oxygen atoms in total. The monoisotopic (exact) mass is 487 g/mol. The molecule has 0 bridgehead atoms. The fourth-order valence-electron chi connectivity index (χ4n) is 6.27. The molecular formula is C31H21NO5. The molecule has 6 heteroatoms. The average Bonchev–Trinajstić information content (AvgIpc) is 3.37. The van der Waals surface area contributed by atoms with Crippen molar-refractivity contribution in [2.24, 2.45) is 0 Å². The fraction of sp³-hybridized carbons (Fsp3) is 0.0323. The summed E-state index contributed by atoms with van der Waals surface area (Å²) >= 11 is 0. The third kappa shape index (κ3) is 2.44. The minimum Gasteiger partial charge on any atom is -0.504 e. The molecule has 0 aromatic heterocycles. The quantitative estimate of drug-likeness (QED) is 0.0986. The van der Waals surface area contributed by atoms with Crippen LogP contribution in [-0.2, 0) is 5.41 Å². The first-order valence-corrected chi connectivity index (χ1v) is 11.8. The Hall–Kier alpha value is -5.10. The fourth-order valence-corrected chi connectivity index (χ4v) is 6.27. The number of fused-ring (bicyclic) bond motifs is 10. The summed E-state index contributed by atoms with van der Waals surface area (Å²) in [6.07, 6.45) is 0. The summed E-state index contributed by atoms with van der Waals surface area (Å²) in [5.41, 5.74) is 14.7. The Bertz CT molecular complexity index is 1730. The molecule has 0 unspecified atom stereocenters. The van der Waals surface area contributed by atoms with Gasteiger partial charge in [-0.15, -0.1) is 0 Å². The number of hydrogen-bond donors (Lipinski definition) is 6. The minimum atomic E-state index is -0.988. The molecule has 0 aliphatic heterocycles. The molecule has 0 fully saturated rings. The van der Waals surface area contributed by atoms with E-state index in [9.17, 15) is 25.5 Å². The van der Waals surface area contributed by atoms with Gasteiger partial charge in [0.2, 0.25) is 17.2 Å². The largest absolute Gasteiger partial charge is 0.504 e. The van der Waals surface area contributed by atoms with E-state index in [1.54, 1.807) is 6.07 Å². The second-order valence-corrected chi connectivity index (χ2v) is 9.52. The van der Waals surface area contributed by atoms with Gasteiger partial charge in [0.25, 0.3) is 0 Å². The van der Waals surface area contributed by atoms with Crippen LogP contribution in [0.4, 0.5) is 5.69 Å². The van der Waals surface area contributed by atoms with Crippen LogP contribution in [0.2, 0.25) is 0 Å². The molecular weight excluding hydrogens is 466 g/mol. The zero-order valence-corrected chi connectivity index (χ0v) is 19.4. The van der Waals surface area contributed by atoms with Crippen molar-refractivity contribution in [1.82, 2.24) is 0 Å². The number of phenols is 5. The molecule has 0 amide bonds. The van der Waals surface area contributed by atoms with Gasteiger partial charge >= 0.3 is 0 Å². The number of rotatable bonds is 1. The van der Waals surface area contributed by atoms with Gasteiger partial charge in [0.05, 0.1) is 11.0 Å². The van der Waals surface area contributed by atoms with Gasteiger partial charge in [0, 0.05) is 5.69 Å². The Balaban J connectivity index is 1.63. The van der Waals surface area contributed by atoms with Gasteiger partial charge in [-0.05, 0) is 68.3 Å². The number of benzene rings is 5. The lowest BCUT2D eigenvalue weighted by atomic mass is 9.70. The molecule has 180 valence electrons. The van der Waals surface area contributed by atoms with E-state index in [0.717, 1.165) is 44.5 Å². The summed E-state index contributed by atoms with van der Waals surface area (Å²) in [6, 6.07) is 27.8. The lowest BCUT2D eigenvalue weighted by Crippen LogP contribution is -2.26. The van der Waals surface area contributed by atoms with Crippen LogP contribution in [0.15, 0.2) is 84.9 Å². The highest BCUT2D eigenvalue weighted by Gasteiger charge is 2.51. The molecule has 5 aromatic carbocycles. The summed E-state index contributed by atoms with van der Waals surface area (Å²) in [5.74, 6) is -4.26. The second-order valence-electron chi connectivity index (χ2n) is 9.52. The van der Waals surface area contributed by atoms with Crippen molar-refractivity contribution < 1.29 is 25.5 Å². The van der Waals surface area contributed by atoms with E-state index in [2.05, 4.69) is 24.3 Å². The Morgan fingerprint density at radius 1 is 0.459 bits per heavy atom. The van der Waals surface area contributed by atoms with Crippen LogP contribution >= 0.6 is 0 Å². The SMILES string of the molecule is Nc1ccc2c(c1)C1(c3ccccc3-c3ccccc31)c1cc(-c3c(O)c(O)c(O)c(O)c3O)ccc1-2. The predicted octanol–water partition coefficient (Wildman–Crippen LogP) is 5.81. The van der Waals surface area contributed by atoms with Crippen molar-refractivity contribution in [2.75, 3.05) is 5.73 Å². The van der Waals surface area contributed by atoms with Crippen molar-refractivity contribution >= 4 is 5.69 Å². The zero-order valence-electron chi connectivity index (χ0n) is 19.4. The van der Waals surface area contributed by atoms with Crippen LogP contribution < -0.4 is 5.73 Å².